The Balaban J connectivity index is 2.30. The molecule has 6 heteroatoms. The molecule has 0 aliphatic heterocycles. The lowest BCUT2D eigenvalue weighted by Gasteiger charge is -2.06. The zero-order chi connectivity index (χ0) is 13.2. The molecule has 1 aromatic carbocycles. The van der Waals surface area contributed by atoms with Gasteiger partial charge in [-0.15, -0.1) is 0 Å². The van der Waals surface area contributed by atoms with Crippen molar-refractivity contribution >= 4 is 23.1 Å². The second kappa shape index (κ2) is 4.74. The summed E-state index contributed by atoms with van der Waals surface area (Å²) in [6.07, 6.45) is 1.76. The van der Waals surface area contributed by atoms with E-state index in [-0.39, 0.29) is 4.77 Å². The molecule has 0 amide bonds. The van der Waals surface area contributed by atoms with Gasteiger partial charge in [-0.25, -0.2) is 4.98 Å². The fourth-order valence-corrected chi connectivity index (χ4v) is 2.07. The molecule has 2 heterocycles. The first kappa shape index (κ1) is 11.7. The van der Waals surface area contributed by atoms with Gasteiger partial charge in [-0.05, 0) is 24.4 Å². The molecule has 0 bridgehead atoms. The normalized spacial score (nSPS) is 10.6. The van der Waals surface area contributed by atoms with Crippen LogP contribution in [-0.2, 0) is 0 Å². The largest absolute Gasteiger partial charge is 0.468 e. The molecule has 0 saturated carbocycles. The van der Waals surface area contributed by atoms with Gasteiger partial charge in [-0.2, -0.15) is 4.98 Å². The molecule has 1 N–H and O–H groups in total. The Morgan fingerprint density at radius 3 is 2.89 bits per heavy atom. The average Bonchev–Trinajstić information content (AvgIpc) is 2.46. The molecular formula is C13H10N4OS. The predicted molar refractivity (Wildman–Crippen MR) is 74.5 cm³/mol. The number of pyridine rings is 1. The molecule has 3 rings (SSSR count). The molecule has 0 fully saturated rings. The summed E-state index contributed by atoms with van der Waals surface area (Å²) in [5, 5.41) is 0.997. The van der Waals surface area contributed by atoms with Crippen molar-refractivity contribution in [2.24, 2.45) is 0 Å². The Hall–Kier alpha value is -2.34. The quantitative estimate of drug-likeness (QED) is 0.725. The van der Waals surface area contributed by atoms with Crippen LogP contribution in [0, 0.1) is 4.77 Å². The summed E-state index contributed by atoms with van der Waals surface area (Å²) >= 11 is 5.04. The van der Waals surface area contributed by atoms with Crippen LogP contribution in [0.15, 0.2) is 36.5 Å². The Labute approximate surface area is 114 Å². The van der Waals surface area contributed by atoms with Gasteiger partial charge in [0.25, 0.3) is 6.01 Å². The molecule has 0 saturated heterocycles. The van der Waals surface area contributed by atoms with Crippen LogP contribution in [-0.4, -0.2) is 27.0 Å². The number of aromatic nitrogens is 4. The number of methoxy groups -OCH3 is 1. The molecule has 0 radical (unpaired) electrons. The standard InChI is InChI=1S/C13H10N4OS/c1-18-12-15-11(16-13(19)17-12)9-4-2-6-10-8(9)5-3-7-14-10/h2-7H,1H3,(H,15,16,17,19). The van der Waals surface area contributed by atoms with E-state index in [1.165, 1.54) is 7.11 Å². The third-order valence-electron chi connectivity index (χ3n) is 2.72. The van der Waals surface area contributed by atoms with E-state index in [0.29, 0.717) is 11.8 Å². The van der Waals surface area contributed by atoms with Crippen molar-refractivity contribution in [3.8, 4) is 17.4 Å². The fraction of sp³-hybridized carbons (Fsp3) is 0.0769. The number of hydrogen-bond acceptors (Lipinski definition) is 5. The Morgan fingerprint density at radius 2 is 2.05 bits per heavy atom. The van der Waals surface area contributed by atoms with Crippen LogP contribution in [0.5, 0.6) is 6.01 Å². The van der Waals surface area contributed by atoms with Crippen molar-refractivity contribution in [2.75, 3.05) is 7.11 Å². The number of aromatic amines is 1. The molecule has 3 aromatic rings. The minimum Gasteiger partial charge on any atom is -0.468 e. The van der Waals surface area contributed by atoms with E-state index in [1.807, 2.05) is 30.3 Å². The van der Waals surface area contributed by atoms with E-state index < -0.39 is 0 Å². The molecule has 94 valence electrons. The number of ether oxygens (including phenoxy) is 1. The third kappa shape index (κ3) is 2.17. The Bertz CT molecular complexity index is 795. The molecular weight excluding hydrogens is 260 g/mol. The highest BCUT2D eigenvalue weighted by atomic mass is 32.1. The first-order valence-corrected chi connectivity index (χ1v) is 6.05. The van der Waals surface area contributed by atoms with Gasteiger partial charge >= 0.3 is 0 Å². The lowest BCUT2D eigenvalue weighted by Crippen LogP contribution is -1.98. The van der Waals surface area contributed by atoms with Gasteiger partial charge in [0.1, 0.15) is 5.82 Å². The lowest BCUT2D eigenvalue weighted by atomic mass is 10.1. The van der Waals surface area contributed by atoms with Crippen LogP contribution in [0.1, 0.15) is 0 Å². The number of H-pyrrole nitrogens is 1. The van der Waals surface area contributed by atoms with Crippen LogP contribution in [0.2, 0.25) is 0 Å². The van der Waals surface area contributed by atoms with Gasteiger partial charge in [-0.1, -0.05) is 18.2 Å². The molecule has 5 nitrogen and oxygen atoms in total. The maximum absolute atomic E-state index is 5.08. The van der Waals surface area contributed by atoms with Crippen molar-refractivity contribution in [3.63, 3.8) is 0 Å². The minimum atomic E-state index is 0.242. The van der Waals surface area contributed by atoms with Crippen LogP contribution >= 0.6 is 12.2 Å². The van der Waals surface area contributed by atoms with Crippen molar-refractivity contribution in [1.29, 1.82) is 0 Å². The van der Waals surface area contributed by atoms with Crippen LogP contribution < -0.4 is 4.74 Å². The Morgan fingerprint density at radius 1 is 1.16 bits per heavy atom. The minimum absolute atomic E-state index is 0.242. The third-order valence-corrected chi connectivity index (χ3v) is 2.91. The van der Waals surface area contributed by atoms with Gasteiger partial charge in [0.05, 0.1) is 12.6 Å². The monoisotopic (exact) mass is 270 g/mol. The molecule has 0 atom stereocenters. The van der Waals surface area contributed by atoms with Gasteiger partial charge in [0.2, 0.25) is 4.77 Å². The first-order chi connectivity index (χ1) is 9.28. The van der Waals surface area contributed by atoms with E-state index in [0.717, 1.165) is 16.5 Å². The summed E-state index contributed by atoms with van der Waals surface area (Å²) in [4.78, 5) is 15.5. The number of nitrogens with one attached hydrogen (secondary N) is 1. The maximum Gasteiger partial charge on any atom is 0.297 e. The van der Waals surface area contributed by atoms with Gasteiger partial charge in [0.15, 0.2) is 0 Å². The average molecular weight is 270 g/mol. The fourth-order valence-electron chi connectivity index (χ4n) is 1.90. The van der Waals surface area contributed by atoms with Crippen molar-refractivity contribution in [3.05, 3.63) is 41.3 Å². The summed E-state index contributed by atoms with van der Waals surface area (Å²) in [7, 11) is 1.53. The molecule has 0 aliphatic rings. The highest BCUT2D eigenvalue weighted by Gasteiger charge is 2.07. The summed E-state index contributed by atoms with van der Waals surface area (Å²) in [6.45, 7) is 0. The van der Waals surface area contributed by atoms with E-state index in [9.17, 15) is 0 Å². The van der Waals surface area contributed by atoms with Crippen molar-refractivity contribution < 1.29 is 4.74 Å². The summed E-state index contributed by atoms with van der Waals surface area (Å²) in [6, 6.07) is 10.1. The van der Waals surface area contributed by atoms with Gasteiger partial charge in [-0.3, -0.25) is 9.97 Å². The van der Waals surface area contributed by atoms with Crippen LogP contribution in [0.25, 0.3) is 22.3 Å². The molecule has 0 aliphatic carbocycles. The van der Waals surface area contributed by atoms with Gasteiger partial charge in [0, 0.05) is 17.1 Å². The zero-order valence-corrected chi connectivity index (χ0v) is 10.9. The first-order valence-electron chi connectivity index (χ1n) is 5.64. The Kier molecular flexibility index (Phi) is 2.92. The van der Waals surface area contributed by atoms with E-state index in [4.69, 9.17) is 17.0 Å². The maximum atomic E-state index is 5.08. The smallest absolute Gasteiger partial charge is 0.297 e. The lowest BCUT2D eigenvalue weighted by molar-refractivity contribution is 0.378. The number of rotatable bonds is 2. The van der Waals surface area contributed by atoms with Crippen molar-refractivity contribution in [1.82, 2.24) is 19.9 Å². The van der Waals surface area contributed by atoms with Gasteiger partial charge < -0.3 is 4.74 Å². The number of benzene rings is 1. The molecule has 19 heavy (non-hydrogen) atoms. The summed E-state index contributed by atoms with van der Waals surface area (Å²) in [5.41, 5.74) is 1.81. The number of nitrogens with zero attached hydrogens (tertiary/aromatic N) is 3. The summed E-state index contributed by atoms with van der Waals surface area (Å²) < 4.78 is 5.32. The highest BCUT2D eigenvalue weighted by Crippen LogP contribution is 2.25. The second-order valence-electron chi connectivity index (χ2n) is 3.86. The van der Waals surface area contributed by atoms with Crippen LogP contribution in [0.3, 0.4) is 0 Å². The van der Waals surface area contributed by atoms with E-state index in [1.54, 1.807) is 6.20 Å². The molecule has 2 aromatic heterocycles. The highest BCUT2D eigenvalue weighted by molar-refractivity contribution is 7.71. The zero-order valence-electron chi connectivity index (χ0n) is 10.1. The predicted octanol–water partition coefficient (Wildman–Crippen LogP) is 2.76. The van der Waals surface area contributed by atoms with E-state index >= 15 is 0 Å². The van der Waals surface area contributed by atoms with Crippen LogP contribution in [0.4, 0.5) is 0 Å². The second-order valence-corrected chi connectivity index (χ2v) is 4.23. The van der Waals surface area contributed by atoms with Crippen molar-refractivity contribution in [2.45, 2.75) is 0 Å². The molecule has 0 unspecified atom stereocenters. The molecule has 0 spiro atoms. The summed E-state index contributed by atoms with van der Waals surface area (Å²) in [5.74, 6) is 0.621. The number of hydrogen-bond donors (Lipinski definition) is 1. The number of fused-ring (bicyclic) bond motifs is 1. The topological polar surface area (TPSA) is 63.7 Å². The van der Waals surface area contributed by atoms with E-state index in [2.05, 4.69) is 19.9 Å². The SMILES string of the molecule is COc1nc(=S)nc(-c2cccc3ncccc23)[nH]1.